The third-order valence-corrected chi connectivity index (χ3v) is 4.20. The van der Waals surface area contributed by atoms with E-state index in [2.05, 4.69) is 23.3 Å². The summed E-state index contributed by atoms with van der Waals surface area (Å²) in [4.78, 5) is 2.38. The van der Waals surface area contributed by atoms with E-state index in [1.54, 1.807) is 6.07 Å². The van der Waals surface area contributed by atoms with Crippen LogP contribution in [0.15, 0.2) is 18.2 Å². The van der Waals surface area contributed by atoms with Crippen molar-refractivity contribution in [2.24, 2.45) is 5.92 Å². The highest BCUT2D eigenvalue weighted by Crippen LogP contribution is 2.40. The number of hydrogen-bond donors (Lipinski definition) is 1. The number of nitrogens with zero attached hydrogens (tertiary/aromatic N) is 1. The Bertz CT molecular complexity index is 419. The normalized spacial score (nSPS) is 28.8. The van der Waals surface area contributed by atoms with Crippen molar-refractivity contribution in [1.82, 2.24) is 4.90 Å². The first-order chi connectivity index (χ1) is 8.25. The van der Waals surface area contributed by atoms with Crippen molar-refractivity contribution in [3.63, 3.8) is 0 Å². The van der Waals surface area contributed by atoms with Crippen LogP contribution in [0.25, 0.3) is 0 Å². The molecule has 2 nitrogen and oxygen atoms in total. The first kappa shape index (κ1) is 11.0. The molecule has 92 valence electrons. The molecular weight excluding hydrogens is 215 g/mol. The minimum absolute atomic E-state index is 0.0986. The maximum atomic E-state index is 13.7. The number of hydrogen-bond acceptors (Lipinski definition) is 2. The summed E-state index contributed by atoms with van der Waals surface area (Å²) in [5, 5.41) is 3.21. The zero-order valence-electron chi connectivity index (χ0n) is 10.2. The highest BCUT2D eigenvalue weighted by Gasteiger charge is 2.32. The molecule has 0 radical (unpaired) electrons. The van der Waals surface area contributed by atoms with Gasteiger partial charge in [0.1, 0.15) is 5.82 Å². The highest BCUT2D eigenvalue weighted by atomic mass is 19.1. The molecule has 2 heterocycles. The van der Waals surface area contributed by atoms with Crippen LogP contribution in [0.2, 0.25) is 0 Å². The lowest BCUT2D eigenvalue weighted by molar-refractivity contribution is 0.361. The van der Waals surface area contributed by atoms with Crippen LogP contribution in [0.1, 0.15) is 24.3 Å². The molecule has 0 aromatic heterocycles. The molecular formula is C14H19FN2. The molecule has 0 saturated carbocycles. The third kappa shape index (κ3) is 1.93. The first-order valence-electron chi connectivity index (χ1n) is 6.46. The molecule has 0 amide bonds. The molecule has 2 aliphatic rings. The van der Waals surface area contributed by atoms with Gasteiger partial charge in [0.05, 0.1) is 5.69 Å². The fourth-order valence-corrected chi connectivity index (χ4v) is 3.33. The van der Waals surface area contributed by atoms with Gasteiger partial charge in [0.2, 0.25) is 0 Å². The SMILES string of the molecule is CN1CCC(C2CCNc3c(F)cccc32)C1. The van der Waals surface area contributed by atoms with Gasteiger partial charge in [-0.1, -0.05) is 12.1 Å². The number of fused-ring (bicyclic) bond motifs is 1. The van der Waals surface area contributed by atoms with Crippen LogP contribution in [0.5, 0.6) is 0 Å². The van der Waals surface area contributed by atoms with E-state index in [0.717, 1.165) is 25.2 Å². The summed E-state index contributed by atoms with van der Waals surface area (Å²) < 4.78 is 13.7. The van der Waals surface area contributed by atoms with Crippen LogP contribution in [-0.4, -0.2) is 31.6 Å². The topological polar surface area (TPSA) is 15.3 Å². The zero-order valence-corrected chi connectivity index (χ0v) is 10.2. The zero-order chi connectivity index (χ0) is 11.8. The van der Waals surface area contributed by atoms with Crippen LogP contribution in [0.4, 0.5) is 10.1 Å². The van der Waals surface area contributed by atoms with Gasteiger partial charge in [0.15, 0.2) is 0 Å². The van der Waals surface area contributed by atoms with Crippen molar-refractivity contribution < 1.29 is 4.39 Å². The van der Waals surface area contributed by atoms with Crippen LogP contribution in [0, 0.1) is 11.7 Å². The lowest BCUT2D eigenvalue weighted by Gasteiger charge is -2.31. The summed E-state index contributed by atoms with van der Waals surface area (Å²) in [7, 11) is 2.17. The van der Waals surface area contributed by atoms with Crippen LogP contribution in [-0.2, 0) is 0 Å². The molecule has 2 atom stereocenters. The molecule has 0 aliphatic carbocycles. The maximum absolute atomic E-state index is 13.7. The second-order valence-corrected chi connectivity index (χ2v) is 5.34. The Morgan fingerprint density at radius 1 is 1.35 bits per heavy atom. The fourth-order valence-electron chi connectivity index (χ4n) is 3.33. The van der Waals surface area contributed by atoms with Gasteiger partial charge >= 0.3 is 0 Å². The summed E-state index contributed by atoms with van der Waals surface area (Å²) >= 11 is 0. The number of benzene rings is 1. The van der Waals surface area contributed by atoms with Gasteiger partial charge in [0.25, 0.3) is 0 Å². The van der Waals surface area contributed by atoms with Crippen LogP contribution >= 0.6 is 0 Å². The fraction of sp³-hybridized carbons (Fsp3) is 0.571. The average Bonchev–Trinajstić information content (AvgIpc) is 2.76. The highest BCUT2D eigenvalue weighted by molar-refractivity contribution is 5.56. The molecule has 1 fully saturated rings. The van der Waals surface area contributed by atoms with Gasteiger partial charge in [-0.2, -0.15) is 0 Å². The number of likely N-dealkylation sites (tertiary alicyclic amines) is 1. The van der Waals surface area contributed by atoms with E-state index < -0.39 is 0 Å². The predicted octanol–water partition coefficient (Wildman–Crippen LogP) is 2.68. The van der Waals surface area contributed by atoms with Gasteiger partial charge < -0.3 is 10.2 Å². The van der Waals surface area contributed by atoms with E-state index in [0.29, 0.717) is 11.8 Å². The maximum Gasteiger partial charge on any atom is 0.146 e. The first-order valence-corrected chi connectivity index (χ1v) is 6.46. The Kier molecular flexibility index (Phi) is 2.79. The van der Waals surface area contributed by atoms with E-state index in [1.165, 1.54) is 18.5 Å². The summed E-state index contributed by atoms with van der Waals surface area (Å²) in [6.07, 6.45) is 2.38. The molecule has 2 unspecified atom stereocenters. The van der Waals surface area contributed by atoms with Gasteiger partial charge in [-0.15, -0.1) is 0 Å². The summed E-state index contributed by atoms with van der Waals surface area (Å²) in [5.74, 6) is 1.13. The third-order valence-electron chi connectivity index (χ3n) is 4.20. The molecule has 0 spiro atoms. The molecule has 1 saturated heterocycles. The van der Waals surface area contributed by atoms with Crippen molar-refractivity contribution >= 4 is 5.69 Å². The number of anilines is 1. The number of para-hydroxylation sites is 1. The largest absolute Gasteiger partial charge is 0.382 e. The van der Waals surface area contributed by atoms with Crippen LogP contribution in [0.3, 0.4) is 0 Å². The quantitative estimate of drug-likeness (QED) is 0.803. The number of rotatable bonds is 1. The Balaban J connectivity index is 1.92. The molecule has 3 heteroatoms. The number of nitrogens with one attached hydrogen (secondary N) is 1. The molecule has 3 rings (SSSR count). The minimum Gasteiger partial charge on any atom is -0.382 e. The molecule has 2 aliphatic heterocycles. The van der Waals surface area contributed by atoms with Crippen molar-refractivity contribution in [1.29, 1.82) is 0 Å². The summed E-state index contributed by atoms with van der Waals surface area (Å²) in [6.45, 7) is 3.23. The predicted molar refractivity (Wildman–Crippen MR) is 67.9 cm³/mol. The van der Waals surface area contributed by atoms with E-state index >= 15 is 0 Å². The van der Waals surface area contributed by atoms with Crippen molar-refractivity contribution in [2.45, 2.75) is 18.8 Å². The van der Waals surface area contributed by atoms with Crippen molar-refractivity contribution in [2.75, 3.05) is 32.0 Å². The summed E-state index contributed by atoms with van der Waals surface area (Å²) in [5.41, 5.74) is 1.94. The van der Waals surface area contributed by atoms with Crippen molar-refractivity contribution in [3.8, 4) is 0 Å². The van der Waals surface area contributed by atoms with E-state index in [1.807, 2.05) is 6.07 Å². The molecule has 1 aromatic carbocycles. The second kappa shape index (κ2) is 4.30. The summed E-state index contributed by atoms with van der Waals surface area (Å²) in [6, 6.07) is 5.48. The Morgan fingerprint density at radius 2 is 2.24 bits per heavy atom. The monoisotopic (exact) mass is 234 g/mol. The van der Waals surface area contributed by atoms with Gasteiger partial charge in [0, 0.05) is 13.1 Å². The lowest BCUT2D eigenvalue weighted by Crippen LogP contribution is -2.25. The number of halogens is 1. The van der Waals surface area contributed by atoms with Gasteiger partial charge in [-0.05, 0) is 49.9 Å². The minimum atomic E-state index is -0.0986. The van der Waals surface area contributed by atoms with E-state index in [9.17, 15) is 4.39 Å². The van der Waals surface area contributed by atoms with Gasteiger partial charge in [-0.3, -0.25) is 0 Å². The van der Waals surface area contributed by atoms with Crippen LogP contribution < -0.4 is 5.32 Å². The molecule has 0 bridgehead atoms. The standard InChI is InChI=1S/C14H19FN2/c1-17-8-6-10(9-17)11-5-7-16-14-12(11)3-2-4-13(14)15/h2-4,10-11,16H,5-9H2,1H3. The average molecular weight is 234 g/mol. The smallest absolute Gasteiger partial charge is 0.146 e. The molecule has 17 heavy (non-hydrogen) atoms. The van der Waals surface area contributed by atoms with E-state index in [-0.39, 0.29) is 5.82 Å². The lowest BCUT2D eigenvalue weighted by atomic mass is 9.80. The van der Waals surface area contributed by atoms with Crippen molar-refractivity contribution in [3.05, 3.63) is 29.6 Å². The van der Waals surface area contributed by atoms with Gasteiger partial charge in [-0.25, -0.2) is 4.39 Å². The Labute approximate surface area is 102 Å². The second-order valence-electron chi connectivity index (χ2n) is 5.34. The molecule has 1 N–H and O–H groups in total. The van der Waals surface area contributed by atoms with E-state index in [4.69, 9.17) is 0 Å². The molecule has 1 aromatic rings. The Hall–Kier alpha value is -1.09. The Morgan fingerprint density at radius 3 is 3.00 bits per heavy atom.